The Morgan fingerprint density at radius 3 is 2.45 bits per heavy atom. The molecule has 20 heavy (non-hydrogen) atoms. The van der Waals surface area contributed by atoms with Crippen LogP contribution in [0.4, 0.5) is 5.13 Å². The van der Waals surface area contributed by atoms with Gasteiger partial charge in [0.1, 0.15) is 0 Å². The summed E-state index contributed by atoms with van der Waals surface area (Å²) in [7, 11) is -3.70. The second-order valence-corrected chi connectivity index (χ2v) is 6.96. The zero-order chi connectivity index (χ0) is 14.2. The quantitative estimate of drug-likeness (QED) is 0.734. The summed E-state index contributed by atoms with van der Waals surface area (Å²) in [4.78, 5) is 4.40. The Bertz CT molecular complexity index is 819. The van der Waals surface area contributed by atoms with Crippen LogP contribution in [0.5, 0.6) is 0 Å². The number of aryl methyl sites for hydroxylation is 1. The van der Waals surface area contributed by atoms with Crippen LogP contribution < -0.4 is 0 Å². The third-order valence-electron chi connectivity index (χ3n) is 2.80. The van der Waals surface area contributed by atoms with E-state index in [1.165, 1.54) is 11.3 Å². The molecule has 0 saturated heterocycles. The topological polar surface area (TPSA) is 61.1 Å². The van der Waals surface area contributed by atoms with E-state index in [1.54, 1.807) is 24.3 Å². The number of aromatic nitrogens is 1. The van der Waals surface area contributed by atoms with Gasteiger partial charge in [0, 0.05) is 9.83 Å². The largest absolute Gasteiger partial charge is 0.426 e. The molecule has 0 aliphatic carbocycles. The summed E-state index contributed by atoms with van der Waals surface area (Å²) in [6.45, 7) is 1.90. The summed E-state index contributed by atoms with van der Waals surface area (Å²) >= 11 is 1.27. The highest BCUT2D eigenvalue weighted by molar-refractivity contribution is 7.94. The first kappa shape index (κ1) is 13.1. The van der Waals surface area contributed by atoms with Crippen LogP contribution in [0.1, 0.15) is 5.56 Å². The van der Waals surface area contributed by atoms with E-state index in [2.05, 4.69) is 9.71 Å². The van der Waals surface area contributed by atoms with Gasteiger partial charge in [-0.15, -0.1) is 11.3 Å². The SMILES string of the molecule is Cc1ccc(S(=O)(=O)[N-]c2nc3ccccc3s2)cc1. The maximum atomic E-state index is 12.2. The van der Waals surface area contributed by atoms with Gasteiger partial charge >= 0.3 is 0 Å². The van der Waals surface area contributed by atoms with E-state index >= 15 is 0 Å². The number of hydrogen-bond donors (Lipinski definition) is 0. The van der Waals surface area contributed by atoms with Gasteiger partial charge in [-0.3, -0.25) is 0 Å². The number of sulfonamides is 1. The Hall–Kier alpha value is -1.92. The molecule has 1 aromatic heterocycles. The molecule has 0 aliphatic heterocycles. The molecule has 0 fully saturated rings. The summed E-state index contributed by atoms with van der Waals surface area (Å²) < 4.78 is 29.1. The summed E-state index contributed by atoms with van der Waals surface area (Å²) in [5, 5.41) is 0.256. The molecule has 3 rings (SSSR count). The second kappa shape index (κ2) is 4.88. The minimum absolute atomic E-state index is 0.183. The van der Waals surface area contributed by atoms with Crippen LogP contribution in [0.2, 0.25) is 0 Å². The Morgan fingerprint density at radius 2 is 1.75 bits per heavy atom. The lowest BCUT2D eigenvalue weighted by atomic mass is 10.2. The molecule has 1 heterocycles. The monoisotopic (exact) mass is 303 g/mol. The van der Waals surface area contributed by atoms with E-state index in [4.69, 9.17) is 0 Å². The maximum Gasteiger partial charge on any atom is 0.202 e. The molecule has 0 unspecified atom stereocenters. The molecule has 3 aromatic rings. The Kier molecular flexibility index (Phi) is 3.19. The van der Waals surface area contributed by atoms with Crippen molar-refractivity contribution in [2.75, 3.05) is 0 Å². The fraction of sp³-hybridized carbons (Fsp3) is 0.0714. The van der Waals surface area contributed by atoms with Gasteiger partial charge in [0.15, 0.2) is 0 Å². The number of thiazole rings is 1. The summed E-state index contributed by atoms with van der Waals surface area (Å²) in [5.74, 6) is 0. The van der Waals surface area contributed by atoms with Crippen molar-refractivity contribution in [2.45, 2.75) is 11.8 Å². The molecule has 0 aliphatic rings. The van der Waals surface area contributed by atoms with Crippen molar-refractivity contribution >= 4 is 36.7 Å². The van der Waals surface area contributed by atoms with Crippen molar-refractivity contribution in [2.24, 2.45) is 0 Å². The van der Waals surface area contributed by atoms with E-state index in [-0.39, 0.29) is 10.0 Å². The first-order valence-corrected chi connectivity index (χ1v) is 8.20. The molecule has 4 nitrogen and oxygen atoms in total. The van der Waals surface area contributed by atoms with Crippen molar-refractivity contribution in [3.63, 3.8) is 0 Å². The van der Waals surface area contributed by atoms with Crippen molar-refractivity contribution in [3.8, 4) is 0 Å². The van der Waals surface area contributed by atoms with E-state index in [0.29, 0.717) is 0 Å². The lowest BCUT2D eigenvalue weighted by Crippen LogP contribution is -1.97. The number of hydrogen-bond acceptors (Lipinski definition) is 4. The molecule has 2 aromatic carbocycles. The third kappa shape index (κ3) is 2.52. The van der Waals surface area contributed by atoms with Gasteiger partial charge in [-0.1, -0.05) is 35.9 Å². The number of para-hydroxylation sites is 1. The number of benzene rings is 2. The Labute approximate surface area is 121 Å². The summed E-state index contributed by atoms with van der Waals surface area (Å²) in [5.41, 5.74) is 1.76. The van der Waals surface area contributed by atoms with Crippen molar-refractivity contribution in [1.82, 2.24) is 4.98 Å². The number of fused-ring (bicyclic) bond motifs is 1. The fourth-order valence-electron chi connectivity index (χ4n) is 1.76. The molecule has 0 amide bonds. The van der Waals surface area contributed by atoms with Gasteiger partial charge in [0.25, 0.3) is 0 Å². The van der Waals surface area contributed by atoms with Crippen molar-refractivity contribution < 1.29 is 8.42 Å². The van der Waals surface area contributed by atoms with E-state index in [9.17, 15) is 8.42 Å². The zero-order valence-electron chi connectivity index (χ0n) is 10.6. The molecule has 0 N–H and O–H groups in total. The lowest BCUT2D eigenvalue weighted by Gasteiger charge is -2.11. The smallest absolute Gasteiger partial charge is 0.202 e. The molecular formula is C14H11N2O2S2-. The molecule has 0 atom stereocenters. The molecule has 0 saturated carbocycles. The van der Waals surface area contributed by atoms with Crippen LogP contribution in [0, 0.1) is 6.92 Å². The lowest BCUT2D eigenvalue weighted by molar-refractivity contribution is 0.603. The van der Waals surface area contributed by atoms with Crippen LogP contribution in [0.3, 0.4) is 0 Å². The van der Waals surface area contributed by atoms with Crippen molar-refractivity contribution in [3.05, 3.63) is 58.8 Å². The minimum Gasteiger partial charge on any atom is -0.426 e. The minimum atomic E-state index is -3.70. The second-order valence-electron chi connectivity index (χ2n) is 4.34. The van der Waals surface area contributed by atoms with Gasteiger partial charge in [-0.2, -0.15) is 0 Å². The maximum absolute atomic E-state index is 12.2. The first-order chi connectivity index (χ1) is 9.54. The molecular weight excluding hydrogens is 292 g/mol. The van der Waals surface area contributed by atoms with Gasteiger partial charge in [-0.05, 0) is 30.6 Å². The zero-order valence-corrected chi connectivity index (χ0v) is 12.3. The Balaban J connectivity index is 1.94. The highest BCUT2D eigenvalue weighted by Gasteiger charge is 2.10. The predicted octanol–water partition coefficient (Wildman–Crippen LogP) is 4.00. The van der Waals surface area contributed by atoms with Gasteiger partial charge < -0.3 is 9.71 Å². The molecule has 0 spiro atoms. The third-order valence-corrected chi connectivity index (χ3v) is 5.13. The standard InChI is InChI=1S/C14H11N2O2S2/c1-10-6-8-11(9-7-10)20(17,18)16-14-15-12-4-2-3-5-13(12)19-14/h2-9H,1H3/q-1. The molecule has 6 heteroatoms. The first-order valence-electron chi connectivity index (χ1n) is 5.95. The van der Waals surface area contributed by atoms with Crippen LogP contribution in [0.15, 0.2) is 53.4 Å². The van der Waals surface area contributed by atoms with E-state index in [1.807, 2.05) is 31.2 Å². The van der Waals surface area contributed by atoms with E-state index < -0.39 is 10.0 Å². The molecule has 102 valence electrons. The average molecular weight is 303 g/mol. The molecule has 0 radical (unpaired) electrons. The van der Waals surface area contributed by atoms with Gasteiger partial charge in [-0.25, -0.2) is 8.42 Å². The highest BCUT2D eigenvalue weighted by Crippen LogP contribution is 2.34. The molecule has 0 bridgehead atoms. The summed E-state index contributed by atoms with van der Waals surface area (Å²) in [6.07, 6.45) is 0. The van der Waals surface area contributed by atoms with Crippen LogP contribution in [-0.4, -0.2) is 13.4 Å². The average Bonchev–Trinajstić information content (AvgIpc) is 2.80. The van der Waals surface area contributed by atoms with Crippen LogP contribution >= 0.6 is 11.3 Å². The van der Waals surface area contributed by atoms with Gasteiger partial charge in [0.2, 0.25) is 10.0 Å². The number of nitrogens with zero attached hydrogens (tertiary/aromatic N) is 2. The Morgan fingerprint density at radius 1 is 1.05 bits per heavy atom. The van der Waals surface area contributed by atoms with E-state index in [0.717, 1.165) is 15.8 Å². The van der Waals surface area contributed by atoms with Crippen molar-refractivity contribution in [1.29, 1.82) is 0 Å². The summed E-state index contributed by atoms with van der Waals surface area (Å²) in [6, 6.07) is 14.1. The van der Waals surface area contributed by atoms with Crippen LogP contribution in [-0.2, 0) is 10.0 Å². The highest BCUT2D eigenvalue weighted by atomic mass is 32.2. The predicted molar refractivity (Wildman–Crippen MR) is 81.0 cm³/mol. The number of rotatable bonds is 3. The van der Waals surface area contributed by atoms with Crippen LogP contribution in [0.25, 0.3) is 14.9 Å². The van der Waals surface area contributed by atoms with Gasteiger partial charge in [0.05, 0.1) is 4.90 Å². The normalized spacial score (nSPS) is 11.7. The fourth-order valence-corrected chi connectivity index (χ4v) is 3.75.